The van der Waals surface area contributed by atoms with Crippen molar-refractivity contribution in [1.82, 2.24) is 0 Å². The zero-order valence-electron chi connectivity index (χ0n) is 26.6. The SMILES string of the molecule is O=C(c1ccccc1)[C@@H]1C[C@H](COCc2ccccc2)[C@@H](OCc2ccccc2)[C@H](OCc2ccccc2)[C@H]1OCc1ccccc1. The van der Waals surface area contributed by atoms with E-state index in [1.165, 1.54) is 0 Å². The Labute approximate surface area is 278 Å². The Balaban J connectivity index is 1.34. The molecule has 0 amide bonds. The first-order valence-electron chi connectivity index (χ1n) is 16.4. The molecule has 0 saturated heterocycles. The topological polar surface area (TPSA) is 54.0 Å². The Kier molecular flexibility index (Phi) is 11.7. The van der Waals surface area contributed by atoms with Crippen molar-refractivity contribution in [3.8, 4) is 0 Å². The van der Waals surface area contributed by atoms with Gasteiger partial charge < -0.3 is 18.9 Å². The molecule has 0 unspecified atom stereocenters. The second-order valence-corrected chi connectivity index (χ2v) is 12.1. The van der Waals surface area contributed by atoms with Gasteiger partial charge in [-0.1, -0.05) is 152 Å². The summed E-state index contributed by atoms with van der Waals surface area (Å²) in [6, 6.07) is 50.0. The number of hydrogen-bond donors (Lipinski definition) is 0. The lowest BCUT2D eigenvalue weighted by atomic mass is 9.72. The zero-order chi connectivity index (χ0) is 32.1. The largest absolute Gasteiger partial charge is 0.376 e. The van der Waals surface area contributed by atoms with Gasteiger partial charge in [0, 0.05) is 11.5 Å². The molecule has 5 atom stereocenters. The van der Waals surface area contributed by atoms with Crippen LogP contribution in [-0.4, -0.2) is 30.7 Å². The second kappa shape index (κ2) is 17.0. The number of ketones is 1. The van der Waals surface area contributed by atoms with Gasteiger partial charge in [0.25, 0.3) is 0 Å². The van der Waals surface area contributed by atoms with Crippen molar-refractivity contribution < 1.29 is 23.7 Å². The summed E-state index contributed by atoms with van der Waals surface area (Å²) >= 11 is 0. The zero-order valence-corrected chi connectivity index (χ0v) is 26.6. The van der Waals surface area contributed by atoms with Crippen molar-refractivity contribution in [2.24, 2.45) is 11.8 Å². The van der Waals surface area contributed by atoms with Gasteiger partial charge >= 0.3 is 0 Å². The predicted molar refractivity (Wildman–Crippen MR) is 184 cm³/mol. The van der Waals surface area contributed by atoms with E-state index in [4.69, 9.17) is 18.9 Å². The van der Waals surface area contributed by atoms with Gasteiger partial charge in [0.15, 0.2) is 5.78 Å². The molecule has 0 aromatic heterocycles. The Morgan fingerprint density at radius 3 is 1.32 bits per heavy atom. The van der Waals surface area contributed by atoms with E-state index in [0.29, 0.717) is 45.0 Å². The molecule has 1 aliphatic carbocycles. The van der Waals surface area contributed by atoms with Crippen LogP contribution in [0.15, 0.2) is 152 Å². The van der Waals surface area contributed by atoms with Crippen LogP contribution >= 0.6 is 0 Å². The highest BCUT2D eigenvalue weighted by Crippen LogP contribution is 2.39. The van der Waals surface area contributed by atoms with Gasteiger partial charge in [-0.15, -0.1) is 0 Å². The molecule has 0 radical (unpaired) electrons. The number of hydrogen-bond acceptors (Lipinski definition) is 5. The molecule has 0 heterocycles. The minimum atomic E-state index is -0.544. The molecule has 5 aromatic carbocycles. The van der Waals surface area contributed by atoms with Gasteiger partial charge in [0.1, 0.15) is 6.10 Å². The Morgan fingerprint density at radius 2 is 0.851 bits per heavy atom. The molecule has 1 fully saturated rings. The minimum Gasteiger partial charge on any atom is -0.376 e. The first-order chi connectivity index (χ1) is 23.2. The van der Waals surface area contributed by atoms with Crippen LogP contribution in [0.25, 0.3) is 0 Å². The molecule has 0 N–H and O–H groups in total. The first kappa shape index (κ1) is 32.5. The van der Waals surface area contributed by atoms with Crippen molar-refractivity contribution in [2.45, 2.75) is 51.2 Å². The van der Waals surface area contributed by atoms with Crippen molar-refractivity contribution in [3.05, 3.63) is 179 Å². The molecule has 5 nitrogen and oxygen atoms in total. The Morgan fingerprint density at radius 1 is 0.468 bits per heavy atom. The number of carbonyl (C=O) groups is 1. The van der Waals surface area contributed by atoms with Crippen LogP contribution in [0.3, 0.4) is 0 Å². The number of Topliss-reactive ketones (excluding diaryl/α,β-unsaturated/α-hetero) is 1. The van der Waals surface area contributed by atoms with Crippen LogP contribution < -0.4 is 0 Å². The van der Waals surface area contributed by atoms with E-state index >= 15 is 0 Å². The van der Waals surface area contributed by atoms with Crippen LogP contribution in [0, 0.1) is 11.8 Å². The lowest BCUT2D eigenvalue weighted by molar-refractivity contribution is -0.205. The van der Waals surface area contributed by atoms with Crippen molar-refractivity contribution in [1.29, 1.82) is 0 Å². The average molecular weight is 627 g/mol. The van der Waals surface area contributed by atoms with Gasteiger partial charge in [-0.25, -0.2) is 0 Å². The summed E-state index contributed by atoms with van der Waals surface area (Å²) < 4.78 is 26.8. The molecule has 5 aromatic rings. The van der Waals surface area contributed by atoms with Crippen molar-refractivity contribution in [2.75, 3.05) is 6.61 Å². The van der Waals surface area contributed by atoms with E-state index in [-0.39, 0.29) is 17.8 Å². The molecule has 0 spiro atoms. The van der Waals surface area contributed by atoms with Crippen LogP contribution in [-0.2, 0) is 45.4 Å². The molecular weight excluding hydrogens is 584 g/mol. The minimum absolute atomic E-state index is 0.0477. The summed E-state index contributed by atoms with van der Waals surface area (Å²) in [6.07, 6.45) is -0.903. The molecule has 1 saturated carbocycles. The van der Waals surface area contributed by atoms with Crippen LogP contribution in [0.2, 0.25) is 0 Å². The third-order valence-electron chi connectivity index (χ3n) is 8.76. The second-order valence-electron chi connectivity index (χ2n) is 12.1. The monoisotopic (exact) mass is 626 g/mol. The molecular formula is C42H42O5. The summed E-state index contributed by atoms with van der Waals surface area (Å²) in [7, 11) is 0. The summed E-state index contributed by atoms with van der Waals surface area (Å²) in [5.74, 6) is -0.521. The lowest BCUT2D eigenvalue weighted by Crippen LogP contribution is -2.57. The van der Waals surface area contributed by atoms with E-state index in [9.17, 15) is 4.79 Å². The molecule has 6 rings (SSSR count). The lowest BCUT2D eigenvalue weighted by Gasteiger charge is -2.46. The van der Waals surface area contributed by atoms with Crippen LogP contribution in [0.5, 0.6) is 0 Å². The van der Waals surface area contributed by atoms with E-state index in [2.05, 4.69) is 36.4 Å². The normalized spacial score (nSPS) is 20.9. The van der Waals surface area contributed by atoms with Gasteiger partial charge in [-0.2, -0.15) is 0 Å². The predicted octanol–water partition coefficient (Wildman–Crippen LogP) is 8.48. The molecule has 0 aliphatic heterocycles. The highest BCUT2D eigenvalue weighted by Gasteiger charge is 2.49. The quantitative estimate of drug-likeness (QED) is 0.109. The van der Waals surface area contributed by atoms with Crippen LogP contribution in [0.4, 0.5) is 0 Å². The van der Waals surface area contributed by atoms with E-state index in [0.717, 1.165) is 22.3 Å². The summed E-state index contributed by atoms with van der Waals surface area (Å²) in [5, 5.41) is 0. The Hall–Kier alpha value is -4.39. The maximum absolute atomic E-state index is 14.4. The fourth-order valence-corrected chi connectivity index (χ4v) is 6.35. The van der Waals surface area contributed by atoms with E-state index in [1.807, 2.05) is 115 Å². The maximum Gasteiger partial charge on any atom is 0.168 e. The summed E-state index contributed by atoms with van der Waals surface area (Å²) in [5.41, 5.74) is 4.92. The standard InChI is InChI=1S/C42H42O5/c43-39(36-24-14-5-15-25-36)38-26-37(31-44-27-32-16-6-1-7-17-32)40(45-28-33-18-8-2-9-19-33)42(47-30-35-22-12-4-13-23-35)41(38)46-29-34-20-10-3-11-21-34/h1-25,37-38,40-42H,26-31H2/t37-,38+,40-,41+,42+/m1/s1. The van der Waals surface area contributed by atoms with Gasteiger partial charge in [0.05, 0.1) is 51.2 Å². The molecule has 240 valence electrons. The third kappa shape index (κ3) is 9.12. The van der Waals surface area contributed by atoms with Gasteiger partial charge in [-0.3, -0.25) is 4.79 Å². The summed E-state index contributed by atoms with van der Waals surface area (Å²) in [4.78, 5) is 14.4. The average Bonchev–Trinajstić information content (AvgIpc) is 3.14. The van der Waals surface area contributed by atoms with Gasteiger partial charge in [0.2, 0.25) is 0 Å². The molecule has 47 heavy (non-hydrogen) atoms. The number of carbonyl (C=O) groups excluding carboxylic acids is 1. The summed E-state index contributed by atoms with van der Waals surface area (Å²) in [6.45, 7) is 2.03. The van der Waals surface area contributed by atoms with Crippen molar-refractivity contribution in [3.63, 3.8) is 0 Å². The van der Waals surface area contributed by atoms with Gasteiger partial charge in [-0.05, 0) is 28.7 Å². The maximum atomic E-state index is 14.4. The number of ether oxygens (including phenoxy) is 4. The van der Waals surface area contributed by atoms with E-state index in [1.54, 1.807) is 0 Å². The molecule has 0 bridgehead atoms. The van der Waals surface area contributed by atoms with Crippen molar-refractivity contribution >= 4 is 5.78 Å². The highest BCUT2D eigenvalue weighted by molar-refractivity contribution is 5.98. The number of rotatable bonds is 15. The van der Waals surface area contributed by atoms with Crippen LogP contribution in [0.1, 0.15) is 39.0 Å². The fourth-order valence-electron chi connectivity index (χ4n) is 6.35. The first-order valence-corrected chi connectivity index (χ1v) is 16.4. The van der Waals surface area contributed by atoms with E-state index < -0.39 is 18.1 Å². The Bertz CT molecular complexity index is 1610. The number of benzene rings is 5. The fraction of sp³-hybridized carbons (Fsp3) is 0.262. The smallest absolute Gasteiger partial charge is 0.168 e. The molecule has 1 aliphatic rings. The third-order valence-corrected chi connectivity index (χ3v) is 8.76. The molecule has 5 heteroatoms. The highest BCUT2D eigenvalue weighted by atomic mass is 16.6.